The SMILES string of the molecule is CCN(c1ccc(NC(=O)CSc2nnc(COc3ccc(F)cc3)n2N)cc1)C(C)C. The topological polar surface area (TPSA) is 98.3 Å². The Balaban J connectivity index is 1.50. The number of halogens is 1. The van der Waals surface area contributed by atoms with Gasteiger partial charge in [0.2, 0.25) is 11.1 Å². The van der Waals surface area contributed by atoms with Gasteiger partial charge in [-0.1, -0.05) is 11.8 Å². The minimum atomic E-state index is -0.342. The molecule has 2 aromatic carbocycles. The Kier molecular flexibility index (Phi) is 7.93. The van der Waals surface area contributed by atoms with E-state index < -0.39 is 0 Å². The minimum Gasteiger partial charge on any atom is -0.486 e. The highest BCUT2D eigenvalue weighted by atomic mass is 32.2. The molecule has 10 heteroatoms. The fourth-order valence-corrected chi connectivity index (χ4v) is 3.77. The van der Waals surface area contributed by atoms with Crippen LogP contribution in [0.4, 0.5) is 15.8 Å². The molecule has 3 N–H and O–H groups in total. The van der Waals surface area contributed by atoms with Gasteiger partial charge in [-0.15, -0.1) is 10.2 Å². The van der Waals surface area contributed by atoms with Crippen molar-refractivity contribution in [1.29, 1.82) is 0 Å². The summed E-state index contributed by atoms with van der Waals surface area (Å²) in [5.41, 5.74) is 1.84. The lowest BCUT2D eigenvalue weighted by Crippen LogP contribution is -2.30. The Labute approximate surface area is 190 Å². The molecular formula is C22H27FN6O2S. The molecule has 1 heterocycles. The van der Waals surface area contributed by atoms with Crippen LogP contribution >= 0.6 is 11.8 Å². The number of hydrogen-bond acceptors (Lipinski definition) is 7. The number of rotatable bonds is 10. The van der Waals surface area contributed by atoms with E-state index in [9.17, 15) is 9.18 Å². The summed E-state index contributed by atoms with van der Waals surface area (Å²) in [5, 5.41) is 11.3. The number of benzene rings is 2. The van der Waals surface area contributed by atoms with Crippen LogP contribution in [0, 0.1) is 5.82 Å². The quantitative estimate of drug-likeness (QED) is 0.353. The molecule has 0 aliphatic heterocycles. The molecule has 0 unspecified atom stereocenters. The number of aromatic nitrogens is 3. The van der Waals surface area contributed by atoms with E-state index in [1.165, 1.54) is 40.7 Å². The van der Waals surface area contributed by atoms with Crippen LogP contribution in [-0.2, 0) is 11.4 Å². The first-order valence-electron chi connectivity index (χ1n) is 10.2. The van der Waals surface area contributed by atoms with Crippen molar-refractivity contribution in [3.8, 4) is 5.75 Å². The normalized spacial score (nSPS) is 10.9. The van der Waals surface area contributed by atoms with E-state index in [4.69, 9.17) is 10.6 Å². The molecule has 3 rings (SSSR count). The van der Waals surface area contributed by atoms with E-state index in [1.54, 1.807) is 0 Å². The third-order valence-corrected chi connectivity index (χ3v) is 5.64. The largest absolute Gasteiger partial charge is 0.486 e. The molecule has 32 heavy (non-hydrogen) atoms. The van der Waals surface area contributed by atoms with E-state index in [-0.39, 0.29) is 24.1 Å². The number of nitrogen functional groups attached to an aromatic ring is 1. The molecule has 1 amide bonds. The second-order valence-electron chi connectivity index (χ2n) is 7.27. The van der Waals surface area contributed by atoms with Gasteiger partial charge in [0.15, 0.2) is 5.82 Å². The van der Waals surface area contributed by atoms with Gasteiger partial charge >= 0.3 is 0 Å². The second kappa shape index (κ2) is 10.9. The lowest BCUT2D eigenvalue weighted by atomic mass is 10.2. The van der Waals surface area contributed by atoms with Crippen molar-refractivity contribution in [2.45, 2.75) is 38.6 Å². The molecule has 3 aromatic rings. The van der Waals surface area contributed by atoms with E-state index in [0.717, 1.165) is 17.9 Å². The second-order valence-corrected chi connectivity index (χ2v) is 8.22. The first-order chi connectivity index (χ1) is 15.4. The molecule has 170 valence electrons. The molecule has 0 aliphatic carbocycles. The number of nitrogens with zero attached hydrogens (tertiary/aromatic N) is 4. The maximum Gasteiger partial charge on any atom is 0.234 e. The summed E-state index contributed by atoms with van der Waals surface area (Å²) in [4.78, 5) is 14.6. The Bertz CT molecular complexity index is 1020. The summed E-state index contributed by atoms with van der Waals surface area (Å²) < 4.78 is 19.8. The molecule has 0 spiro atoms. The van der Waals surface area contributed by atoms with Crippen LogP contribution in [0.15, 0.2) is 53.7 Å². The lowest BCUT2D eigenvalue weighted by molar-refractivity contribution is -0.113. The van der Waals surface area contributed by atoms with Crippen LogP contribution in [0.1, 0.15) is 26.6 Å². The van der Waals surface area contributed by atoms with Crippen molar-refractivity contribution in [3.05, 3.63) is 60.2 Å². The summed E-state index contributed by atoms with van der Waals surface area (Å²) in [6, 6.07) is 13.8. The fourth-order valence-electron chi connectivity index (χ4n) is 3.09. The standard InChI is InChI=1S/C22H27FN6O2S/c1-4-28(15(2)3)18-9-7-17(8-10-18)25-21(30)14-32-22-27-26-20(29(22)24)13-31-19-11-5-16(23)6-12-19/h5-12,15H,4,13-14,24H2,1-3H3,(H,25,30). The number of carbonyl (C=O) groups is 1. The number of ether oxygens (including phenoxy) is 1. The number of hydrogen-bond donors (Lipinski definition) is 2. The third-order valence-electron chi connectivity index (χ3n) is 4.70. The minimum absolute atomic E-state index is 0.0688. The van der Waals surface area contributed by atoms with Gasteiger partial charge in [-0.05, 0) is 69.3 Å². The van der Waals surface area contributed by atoms with Crippen molar-refractivity contribution in [1.82, 2.24) is 14.9 Å². The summed E-state index contributed by atoms with van der Waals surface area (Å²) in [7, 11) is 0. The zero-order valence-corrected chi connectivity index (χ0v) is 19.1. The number of amides is 1. The highest BCUT2D eigenvalue weighted by Gasteiger charge is 2.14. The highest BCUT2D eigenvalue weighted by Crippen LogP contribution is 2.21. The van der Waals surface area contributed by atoms with Crippen molar-refractivity contribution in [2.24, 2.45) is 0 Å². The van der Waals surface area contributed by atoms with E-state index in [1.807, 2.05) is 24.3 Å². The number of nitrogens with one attached hydrogen (secondary N) is 1. The predicted molar refractivity (Wildman–Crippen MR) is 125 cm³/mol. The molecular weight excluding hydrogens is 431 g/mol. The van der Waals surface area contributed by atoms with Gasteiger partial charge in [0, 0.05) is 24.0 Å². The smallest absolute Gasteiger partial charge is 0.234 e. The van der Waals surface area contributed by atoms with Crippen molar-refractivity contribution in [2.75, 3.05) is 28.4 Å². The molecule has 0 fully saturated rings. The monoisotopic (exact) mass is 458 g/mol. The number of thioether (sulfide) groups is 1. The zero-order valence-electron chi connectivity index (χ0n) is 18.3. The van der Waals surface area contributed by atoms with Gasteiger partial charge in [0.1, 0.15) is 18.2 Å². The first kappa shape index (κ1) is 23.4. The van der Waals surface area contributed by atoms with Crippen LogP contribution in [0.5, 0.6) is 5.75 Å². The zero-order chi connectivity index (χ0) is 23.1. The Morgan fingerprint density at radius 3 is 2.50 bits per heavy atom. The van der Waals surface area contributed by atoms with Gasteiger partial charge in [-0.2, -0.15) is 0 Å². The van der Waals surface area contributed by atoms with Crippen LogP contribution in [0.25, 0.3) is 0 Å². The summed E-state index contributed by atoms with van der Waals surface area (Å²) in [6.45, 7) is 7.39. The highest BCUT2D eigenvalue weighted by molar-refractivity contribution is 7.99. The molecule has 0 aliphatic rings. The maximum absolute atomic E-state index is 13.0. The van der Waals surface area contributed by atoms with Crippen LogP contribution in [-0.4, -0.2) is 39.1 Å². The molecule has 8 nitrogen and oxygen atoms in total. The summed E-state index contributed by atoms with van der Waals surface area (Å²) >= 11 is 1.17. The summed E-state index contributed by atoms with van der Waals surface area (Å²) in [5.74, 6) is 6.50. The Morgan fingerprint density at radius 1 is 1.19 bits per heavy atom. The van der Waals surface area contributed by atoms with Crippen molar-refractivity contribution < 1.29 is 13.9 Å². The summed E-state index contributed by atoms with van der Waals surface area (Å²) in [6.07, 6.45) is 0. The first-order valence-corrected chi connectivity index (χ1v) is 11.2. The van der Waals surface area contributed by atoms with Gasteiger partial charge in [0.05, 0.1) is 5.75 Å². The van der Waals surface area contributed by atoms with Crippen LogP contribution in [0.2, 0.25) is 0 Å². The van der Waals surface area contributed by atoms with Crippen molar-refractivity contribution >= 4 is 29.0 Å². The number of anilines is 2. The van der Waals surface area contributed by atoms with Gasteiger partial charge in [-0.3, -0.25) is 4.79 Å². The number of carbonyl (C=O) groups excluding carboxylic acids is 1. The molecule has 1 aromatic heterocycles. The van der Waals surface area contributed by atoms with Gasteiger partial charge in [-0.25, -0.2) is 9.07 Å². The molecule has 0 saturated carbocycles. The fraction of sp³-hybridized carbons (Fsp3) is 0.318. The van der Waals surface area contributed by atoms with Crippen LogP contribution in [0.3, 0.4) is 0 Å². The Morgan fingerprint density at radius 2 is 1.88 bits per heavy atom. The third kappa shape index (κ3) is 6.13. The average Bonchev–Trinajstić information content (AvgIpc) is 3.13. The molecule has 0 radical (unpaired) electrons. The van der Waals surface area contributed by atoms with E-state index in [0.29, 0.717) is 22.8 Å². The average molecular weight is 459 g/mol. The van der Waals surface area contributed by atoms with Gasteiger partial charge < -0.3 is 20.8 Å². The van der Waals surface area contributed by atoms with E-state index >= 15 is 0 Å². The van der Waals surface area contributed by atoms with Crippen molar-refractivity contribution in [3.63, 3.8) is 0 Å². The maximum atomic E-state index is 13.0. The lowest BCUT2D eigenvalue weighted by Gasteiger charge is -2.27. The van der Waals surface area contributed by atoms with Gasteiger partial charge in [0.25, 0.3) is 0 Å². The molecule has 0 saturated heterocycles. The van der Waals surface area contributed by atoms with Crippen LogP contribution < -0.4 is 20.8 Å². The molecule has 0 atom stereocenters. The predicted octanol–water partition coefficient (Wildman–Crippen LogP) is 3.68. The van der Waals surface area contributed by atoms with E-state index in [2.05, 4.69) is 41.2 Å². The molecule has 0 bridgehead atoms. The number of nitrogens with two attached hydrogens (primary N) is 1. The Hall–Kier alpha value is -3.27.